The number of benzene rings is 3. The summed E-state index contributed by atoms with van der Waals surface area (Å²) in [5.74, 6) is -0.316. The molecule has 1 heterocycles. The molecule has 4 rings (SSSR count). The number of carbonyl (C=O) groups is 1. The molecule has 0 aliphatic carbocycles. The lowest BCUT2D eigenvalue weighted by atomic mass is 10.1. The molecule has 0 aliphatic heterocycles. The number of nitrogens with zero attached hydrogens (tertiary/aromatic N) is 2. The number of aromatic nitrogens is 1. The lowest BCUT2D eigenvalue weighted by Gasteiger charge is -2.08. The molecule has 4 heteroatoms. The van der Waals surface area contributed by atoms with Gasteiger partial charge in [0.2, 0.25) is 0 Å². The Balaban J connectivity index is 1.58. The van der Waals surface area contributed by atoms with E-state index < -0.39 is 0 Å². The summed E-state index contributed by atoms with van der Waals surface area (Å²) < 4.78 is 7.10. The fourth-order valence-corrected chi connectivity index (χ4v) is 3.10. The van der Waals surface area contributed by atoms with Gasteiger partial charge in [0.05, 0.1) is 29.8 Å². The first-order valence-electron chi connectivity index (χ1n) is 9.22. The first-order valence-corrected chi connectivity index (χ1v) is 9.22. The van der Waals surface area contributed by atoms with E-state index in [4.69, 9.17) is 4.74 Å². The molecule has 138 valence electrons. The van der Waals surface area contributed by atoms with Crippen LogP contribution in [0.4, 0.5) is 5.69 Å². The molecule has 0 atom stereocenters. The first-order chi connectivity index (χ1) is 13.7. The Labute approximate surface area is 163 Å². The van der Waals surface area contributed by atoms with Gasteiger partial charge in [0, 0.05) is 11.9 Å². The van der Waals surface area contributed by atoms with Crippen LogP contribution in [0.25, 0.3) is 16.5 Å². The SMILES string of the molecule is CCOC(=O)c1ccc(N=Cc2cccn2-c2ccc3ccccc3c2)cc1. The second-order valence-corrected chi connectivity index (χ2v) is 6.36. The van der Waals surface area contributed by atoms with Gasteiger partial charge < -0.3 is 9.30 Å². The van der Waals surface area contributed by atoms with E-state index in [-0.39, 0.29) is 5.97 Å². The average molecular weight is 368 g/mol. The summed E-state index contributed by atoms with van der Waals surface area (Å²) in [7, 11) is 0. The van der Waals surface area contributed by atoms with Crippen LogP contribution in [-0.2, 0) is 4.74 Å². The van der Waals surface area contributed by atoms with Crippen LogP contribution < -0.4 is 0 Å². The maximum Gasteiger partial charge on any atom is 0.338 e. The van der Waals surface area contributed by atoms with Crippen LogP contribution in [0.5, 0.6) is 0 Å². The third-order valence-electron chi connectivity index (χ3n) is 4.52. The Hall–Kier alpha value is -3.66. The van der Waals surface area contributed by atoms with Crippen molar-refractivity contribution in [3.8, 4) is 5.69 Å². The fourth-order valence-electron chi connectivity index (χ4n) is 3.10. The van der Waals surface area contributed by atoms with Gasteiger partial charge in [0.15, 0.2) is 0 Å². The van der Waals surface area contributed by atoms with Crippen molar-refractivity contribution < 1.29 is 9.53 Å². The van der Waals surface area contributed by atoms with Gasteiger partial charge in [-0.2, -0.15) is 0 Å². The molecule has 0 aliphatic rings. The molecule has 0 radical (unpaired) electrons. The molecule has 0 N–H and O–H groups in total. The second kappa shape index (κ2) is 7.92. The highest BCUT2D eigenvalue weighted by molar-refractivity contribution is 5.90. The van der Waals surface area contributed by atoms with Crippen LogP contribution in [0.15, 0.2) is 90.1 Å². The Kier molecular flexibility index (Phi) is 5.02. The molecule has 0 amide bonds. The largest absolute Gasteiger partial charge is 0.462 e. The van der Waals surface area contributed by atoms with Crippen LogP contribution in [0.3, 0.4) is 0 Å². The number of hydrogen-bond donors (Lipinski definition) is 0. The summed E-state index contributed by atoms with van der Waals surface area (Å²) in [5.41, 5.74) is 3.37. The molecular formula is C24H20N2O2. The van der Waals surface area contributed by atoms with Crippen LogP contribution in [0.1, 0.15) is 23.0 Å². The van der Waals surface area contributed by atoms with Crippen LogP contribution in [0, 0.1) is 0 Å². The number of fused-ring (bicyclic) bond motifs is 1. The summed E-state index contributed by atoms with van der Waals surface area (Å²) in [6.45, 7) is 2.16. The van der Waals surface area contributed by atoms with Gasteiger partial charge in [0.25, 0.3) is 0 Å². The van der Waals surface area contributed by atoms with Crippen molar-refractivity contribution >= 4 is 28.6 Å². The van der Waals surface area contributed by atoms with Crippen molar-refractivity contribution in [1.82, 2.24) is 4.57 Å². The van der Waals surface area contributed by atoms with Crippen LogP contribution in [-0.4, -0.2) is 23.4 Å². The smallest absolute Gasteiger partial charge is 0.338 e. The van der Waals surface area contributed by atoms with Crippen LogP contribution in [0.2, 0.25) is 0 Å². The molecule has 4 nitrogen and oxygen atoms in total. The van der Waals surface area contributed by atoms with Crippen LogP contribution >= 0.6 is 0 Å². The molecule has 28 heavy (non-hydrogen) atoms. The van der Waals surface area contributed by atoms with Gasteiger partial charge in [-0.3, -0.25) is 4.99 Å². The molecule has 0 saturated carbocycles. The third kappa shape index (κ3) is 3.71. The predicted molar refractivity (Wildman–Crippen MR) is 113 cm³/mol. The normalized spacial score (nSPS) is 11.2. The number of rotatable bonds is 5. The van der Waals surface area contributed by atoms with Gasteiger partial charge in [-0.25, -0.2) is 4.79 Å². The Morgan fingerprint density at radius 2 is 1.75 bits per heavy atom. The van der Waals surface area contributed by atoms with E-state index in [0.717, 1.165) is 17.1 Å². The van der Waals surface area contributed by atoms with Gasteiger partial charge in [-0.1, -0.05) is 30.3 Å². The van der Waals surface area contributed by atoms with Gasteiger partial charge in [-0.05, 0) is 66.2 Å². The van der Waals surface area contributed by atoms with E-state index in [9.17, 15) is 4.79 Å². The van der Waals surface area contributed by atoms with Crippen molar-refractivity contribution in [3.05, 3.63) is 96.3 Å². The predicted octanol–water partition coefficient (Wildman–Crippen LogP) is 5.56. The average Bonchev–Trinajstić information content (AvgIpc) is 3.21. The van der Waals surface area contributed by atoms with E-state index in [0.29, 0.717) is 12.2 Å². The lowest BCUT2D eigenvalue weighted by Crippen LogP contribution is -2.03. The fraction of sp³-hybridized carbons (Fsp3) is 0.0833. The van der Waals surface area contributed by atoms with E-state index >= 15 is 0 Å². The minimum absolute atomic E-state index is 0.316. The maximum absolute atomic E-state index is 11.7. The number of aliphatic imine (C=N–C) groups is 1. The summed E-state index contributed by atoms with van der Waals surface area (Å²) in [6, 6.07) is 25.8. The van der Waals surface area contributed by atoms with Crippen molar-refractivity contribution in [2.45, 2.75) is 6.92 Å². The molecule has 1 aromatic heterocycles. The Bertz CT molecular complexity index is 1140. The summed E-state index contributed by atoms with van der Waals surface area (Å²) in [5, 5.41) is 2.42. The van der Waals surface area contributed by atoms with Gasteiger partial charge in [0.1, 0.15) is 0 Å². The minimum Gasteiger partial charge on any atom is -0.462 e. The van der Waals surface area contributed by atoms with Gasteiger partial charge >= 0.3 is 5.97 Å². The Morgan fingerprint density at radius 3 is 2.54 bits per heavy atom. The van der Waals surface area contributed by atoms with E-state index in [1.165, 1.54) is 10.8 Å². The molecule has 4 aromatic rings. The van der Waals surface area contributed by atoms with Crippen molar-refractivity contribution in [2.75, 3.05) is 6.61 Å². The molecule has 0 fully saturated rings. The maximum atomic E-state index is 11.7. The zero-order valence-electron chi connectivity index (χ0n) is 15.6. The standard InChI is InChI=1S/C24H20N2O2/c1-2-28-24(27)19-9-12-21(13-10-19)25-17-23-8-5-15-26(23)22-14-11-18-6-3-4-7-20(18)16-22/h3-17H,2H2,1H3. The number of carbonyl (C=O) groups excluding carboxylic acids is 1. The molecule has 0 unspecified atom stereocenters. The van der Waals surface area contributed by atoms with Crippen molar-refractivity contribution in [2.24, 2.45) is 4.99 Å². The molecule has 0 spiro atoms. The molecular weight excluding hydrogens is 348 g/mol. The highest BCUT2D eigenvalue weighted by Crippen LogP contribution is 2.20. The zero-order chi connectivity index (χ0) is 19.3. The summed E-state index contributed by atoms with van der Waals surface area (Å²) >= 11 is 0. The van der Waals surface area contributed by atoms with Gasteiger partial charge in [-0.15, -0.1) is 0 Å². The quantitative estimate of drug-likeness (QED) is 0.342. The molecule has 0 saturated heterocycles. The highest BCUT2D eigenvalue weighted by atomic mass is 16.5. The minimum atomic E-state index is -0.316. The molecule has 3 aromatic carbocycles. The number of esters is 1. The lowest BCUT2D eigenvalue weighted by molar-refractivity contribution is 0.0526. The van der Waals surface area contributed by atoms with Crippen molar-refractivity contribution in [3.63, 3.8) is 0 Å². The van der Waals surface area contributed by atoms with E-state index in [1.807, 2.05) is 48.8 Å². The second-order valence-electron chi connectivity index (χ2n) is 6.36. The Morgan fingerprint density at radius 1 is 0.964 bits per heavy atom. The highest BCUT2D eigenvalue weighted by Gasteiger charge is 2.06. The zero-order valence-corrected chi connectivity index (χ0v) is 15.6. The summed E-state index contributed by atoms with van der Waals surface area (Å²) in [4.78, 5) is 16.3. The first kappa shape index (κ1) is 17.7. The third-order valence-corrected chi connectivity index (χ3v) is 4.52. The number of hydrogen-bond acceptors (Lipinski definition) is 3. The monoisotopic (exact) mass is 368 g/mol. The summed E-state index contributed by atoms with van der Waals surface area (Å²) in [6.07, 6.45) is 3.85. The number of ether oxygens (including phenoxy) is 1. The van der Waals surface area contributed by atoms with E-state index in [1.54, 1.807) is 19.1 Å². The topological polar surface area (TPSA) is 43.6 Å². The molecule has 0 bridgehead atoms. The van der Waals surface area contributed by atoms with E-state index in [2.05, 4.69) is 39.9 Å². The van der Waals surface area contributed by atoms with Crippen molar-refractivity contribution in [1.29, 1.82) is 0 Å².